The number of carbonyl (C=O) groups is 1. The summed E-state index contributed by atoms with van der Waals surface area (Å²) >= 11 is 0. The van der Waals surface area contributed by atoms with Gasteiger partial charge >= 0.3 is 0 Å². The minimum atomic E-state index is -3.57. The summed E-state index contributed by atoms with van der Waals surface area (Å²) in [4.78, 5) is 16.5. The number of rotatable bonds is 7. The average Bonchev–Trinajstić information content (AvgIpc) is 3.24. The number of benzene rings is 2. The van der Waals surface area contributed by atoms with E-state index in [4.69, 9.17) is 0 Å². The molecule has 1 aliphatic carbocycles. The molecule has 172 valence electrons. The van der Waals surface area contributed by atoms with Crippen LogP contribution in [0.3, 0.4) is 0 Å². The van der Waals surface area contributed by atoms with Crippen LogP contribution in [0, 0.1) is 0 Å². The Labute approximate surface area is 194 Å². The first kappa shape index (κ1) is 22.9. The lowest BCUT2D eigenvalue weighted by Crippen LogP contribution is -2.34. The molecule has 1 fully saturated rings. The van der Waals surface area contributed by atoms with Gasteiger partial charge in [0.25, 0.3) is 0 Å². The monoisotopic (exact) mass is 464 g/mol. The quantitative estimate of drug-likeness (QED) is 0.397. The minimum Gasteiger partial charge on any atom is -0.323 e. The van der Waals surface area contributed by atoms with Crippen LogP contribution in [-0.2, 0) is 14.8 Å². The van der Waals surface area contributed by atoms with Crippen LogP contribution >= 0.6 is 0 Å². The van der Waals surface area contributed by atoms with Crippen LogP contribution in [0.4, 0.5) is 5.69 Å². The number of imidazole rings is 1. The highest BCUT2D eigenvalue weighted by Gasteiger charge is 2.21. The summed E-state index contributed by atoms with van der Waals surface area (Å²) in [5.74, 6) is -0.291. The van der Waals surface area contributed by atoms with Gasteiger partial charge in [0.1, 0.15) is 0 Å². The van der Waals surface area contributed by atoms with Gasteiger partial charge in [-0.15, -0.1) is 0 Å². The molecule has 8 heteroatoms. The van der Waals surface area contributed by atoms with Gasteiger partial charge in [0.2, 0.25) is 15.9 Å². The topological polar surface area (TPSA) is 93.1 Å². The van der Waals surface area contributed by atoms with Crippen LogP contribution in [0.25, 0.3) is 11.8 Å². The Morgan fingerprint density at radius 1 is 0.970 bits per heavy atom. The molecule has 1 amide bonds. The molecule has 1 aromatic heterocycles. The number of sulfonamides is 1. The summed E-state index contributed by atoms with van der Waals surface area (Å²) in [6.07, 6.45) is 14.7. The van der Waals surface area contributed by atoms with E-state index in [0.717, 1.165) is 49.8 Å². The molecule has 3 aromatic rings. The Hall–Kier alpha value is -3.23. The van der Waals surface area contributed by atoms with Crippen LogP contribution in [-0.4, -0.2) is 29.9 Å². The Kier molecular flexibility index (Phi) is 7.36. The van der Waals surface area contributed by atoms with Crippen LogP contribution < -0.4 is 10.0 Å². The van der Waals surface area contributed by atoms with Crippen LogP contribution in [0.5, 0.6) is 0 Å². The van der Waals surface area contributed by atoms with E-state index in [0.29, 0.717) is 5.69 Å². The molecule has 4 rings (SSSR count). The first-order valence-electron chi connectivity index (χ1n) is 11.2. The normalized spacial score (nSPS) is 15.4. The van der Waals surface area contributed by atoms with Crippen molar-refractivity contribution in [1.29, 1.82) is 0 Å². The number of nitrogens with zero attached hydrogens (tertiary/aromatic N) is 2. The molecule has 0 aliphatic heterocycles. The molecule has 33 heavy (non-hydrogen) atoms. The summed E-state index contributed by atoms with van der Waals surface area (Å²) < 4.78 is 30.1. The zero-order valence-corrected chi connectivity index (χ0v) is 19.2. The van der Waals surface area contributed by atoms with Crippen molar-refractivity contribution >= 4 is 27.7 Å². The number of amides is 1. The van der Waals surface area contributed by atoms with E-state index in [2.05, 4.69) is 15.0 Å². The maximum Gasteiger partial charge on any atom is 0.248 e. The van der Waals surface area contributed by atoms with Gasteiger partial charge in [0.05, 0.1) is 11.2 Å². The van der Waals surface area contributed by atoms with Crippen LogP contribution in [0.2, 0.25) is 0 Å². The molecule has 7 nitrogen and oxygen atoms in total. The van der Waals surface area contributed by atoms with Gasteiger partial charge in [-0.05, 0) is 60.9 Å². The predicted octanol–water partition coefficient (Wildman–Crippen LogP) is 4.53. The second kappa shape index (κ2) is 10.6. The molecule has 0 bridgehead atoms. The summed E-state index contributed by atoms with van der Waals surface area (Å²) in [6, 6.07) is 14.0. The van der Waals surface area contributed by atoms with Crippen molar-refractivity contribution in [3.05, 3.63) is 78.9 Å². The van der Waals surface area contributed by atoms with Gasteiger partial charge in [0.15, 0.2) is 0 Å². The minimum absolute atomic E-state index is 0.00368. The molecule has 0 unspecified atom stereocenters. The van der Waals surface area contributed by atoms with Crippen molar-refractivity contribution < 1.29 is 13.2 Å². The van der Waals surface area contributed by atoms with E-state index in [1.54, 1.807) is 30.7 Å². The van der Waals surface area contributed by atoms with Gasteiger partial charge in [0, 0.05) is 35.9 Å². The van der Waals surface area contributed by atoms with Gasteiger partial charge < -0.3 is 9.88 Å². The predicted molar refractivity (Wildman–Crippen MR) is 129 cm³/mol. The maximum atomic E-state index is 12.7. The fourth-order valence-electron chi connectivity index (χ4n) is 3.93. The van der Waals surface area contributed by atoms with Crippen molar-refractivity contribution in [2.75, 3.05) is 5.32 Å². The van der Waals surface area contributed by atoms with Gasteiger partial charge in [-0.25, -0.2) is 18.1 Å². The summed E-state index contributed by atoms with van der Waals surface area (Å²) in [5, 5.41) is 2.76. The van der Waals surface area contributed by atoms with Crippen LogP contribution in [0.1, 0.15) is 44.1 Å². The van der Waals surface area contributed by atoms with E-state index in [1.165, 1.54) is 18.2 Å². The zero-order chi connectivity index (χ0) is 23.1. The number of hydrogen-bond donors (Lipinski definition) is 2. The molecule has 2 N–H and O–H groups in total. The van der Waals surface area contributed by atoms with Gasteiger partial charge in [-0.1, -0.05) is 37.8 Å². The Balaban J connectivity index is 1.33. The number of hydrogen-bond acceptors (Lipinski definition) is 4. The second-order valence-corrected chi connectivity index (χ2v) is 9.93. The molecule has 0 spiro atoms. The Morgan fingerprint density at radius 3 is 2.30 bits per heavy atom. The number of nitrogens with one attached hydrogen (secondary N) is 2. The third-order valence-electron chi connectivity index (χ3n) is 5.73. The summed E-state index contributed by atoms with van der Waals surface area (Å²) in [6.45, 7) is 0. The first-order chi connectivity index (χ1) is 16.0. The lowest BCUT2D eigenvalue weighted by molar-refractivity contribution is -0.111. The smallest absolute Gasteiger partial charge is 0.248 e. The number of carbonyl (C=O) groups excluding carboxylic acids is 1. The lowest BCUT2D eigenvalue weighted by atomic mass is 10.1. The zero-order valence-electron chi connectivity index (χ0n) is 18.4. The molecule has 1 aliphatic rings. The maximum absolute atomic E-state index is 12.7. The van der Waals surface area contributed by atoms with Crippen LogP contribution in [0.15, 0.2) is 78.2 Å². The number of anilines is 1. The molecule has 2 aromatic carbocycles. The Morgan fingerprint density at radius 2 is 1.67 bits per heavy atom. The lowest BCUT2D eigenvalue weighted by Gasteiger charge is -2.16. The summed E-state index contributed by atoms with van der Waals surface area (Å²) in [7, 11) is -3.57. The SMILES string of the molecule is O=C(C=Cc1ccc(-n2ccnc2)cc1)Nc1ccc(S(=O)(=O)NC2CCCCCC2)cc1. The van der Waals surface area contributed by atoms with E-state index in [1.807, 2.05) is 35.0 Å². The van der Waals surface area contributed by atoms with Crippen molar-refractivity contribution in [3.8, 4) is 5.69 Å². The fourth-order valence-corrected chi connectivity index (χ4v) is 5.23. The fraction of sp³-hybridized carbons (Fsp3) is 0.280. The van der Waals surface area contributed by atoms with Gasteiger partial charge in [-0.3, -0.25) is 4.79 Å². The highest BCUT2D eigenvalue weighted by molar-refractivity contribution is 7.89. The van der Waals surface area contributed by atoms with E-state index >= 15 is 0 Å². The van der Waals surface area contributed by atoms with Crippen molar-refractivity contribution in [2.24, 2.45) is 0 Å². The molecular formula is C25H28N4O3S. The van der Waals surface area contributed by atoms with Crippen molar-refractivity contribution in [2.45, 2.75) is 49.5 Å². The molecule has 0 radical (unpaired) electrons. The molecule has 0 atom stereocenters. The van der Waals surface area contributed by atoms with Crippen molar-refractivity contribution in [3.63, 3.8) is 0 Å². The van der Waals surface area contributed by atoms with Crippen molar-refractivity contribution in [1.82, 2.24) is 14.3 Å². The largest absolute Gasteiger partial charge is 0.323 e. The second-order valence-electron chi connectivity index (χ2n) is 8.22. The van der Waals surface area contributed by atoms with E-state index in [9.17, 15) is 13.2 Å². The molecule has 1 heterocycles. The third-order valence-corrected chi connectivity index (χ3v) is 7.27. The molecule has 1 saturated carbocycles. The number of aromatic nitrogens is 2. The average molecular weight is 465 g/mol. The van der Waals surface area contributed by atoms with E-state index < -0.39 is 10.0 Å². The first-order valence-corrected chi connectivity index (χ1v) is 12.7. The third kappa shape index (κ3) is 6.40. The molecule has 0 saturated heterocycles. The Bertz CT molecular complexity index is 1180. The standard InChI is InChI=1S/C25H28N4O3S/c30-25(16-9-20-7-12-23(13-8-20)29-18-17-26-19-29)27-21-10-14-24(15-11-21)33(31,32)28-22-5-3-1-2-4-6-22/h7-19,22,28H,1-6H2,(H,27,30). The highest BCUT2D eigenvalue weighted by atomic mass is 32.2. The van der Waals surface area contributed by atoms with Gasteiger partial charge in [-0.2, -0.15) is 0 Å². The van der Waals surface area contributed by atoms with E-state index in [-0.39, 0.29) is 16.8 Å². The molecular weight excluding hydrogens is 436 g/mol. The highest BCUT2D eigenvalue weighted by Crippen LogP contribution is 2.20. The summed E-state index contributed by atoms with van der Waals surface area (Å²) in [5.41, 5.74) is 2.41.